The fourth-order valence-electron chi connectivity index (χ4n) is 3.55. The standard InChI is InChI=1S/C20H18N6/c1-2-4-18-17(3-1)16(10-23-18)11-26-6-5-14-9-24-20(25-19(14)12-26)15-7-21-13-22-8-15/h1-4,7-10,13,23H,5-6,11-12H2. The molecule has 6 nitrogen and oxygen atoms in total. The Balaban J connectivity index is 1.40. The van der Waals surface area contributed by atoms with E-state index in [9.17, 15) is 0 Å². The molecule has 0 saturated carbocycles. The van der Waals surface area contributed by atoms with Crippen molar-refractivity contribution in [2.75, 3.05) is 6.54 Å². The molecule has 0 fully saturated rings. The van der Waals surface area contributed by atoms with Gasteiger partial charge in [0.05, 0.1) is 11.3 Å². The van der Waals surface area contributed by atoms with Crippen molar-refractivity contribution in [3.05, 3.63) is 72.2 Å². The number of hydrogen-bond acceptors (Lipinski definition) is 5. The molecular weight excluding hydrogens is 324 g/mol. The van der Waals surface area contributed by atoms with E-state index < -0.39 is 0 Å². The van der Waals surface area contributed by atoms with Crippen LogP contribution in [-0.2, 0) is 19.5 Å². The minimum atomic E-state index is 0.693. The number of para-hydroxylation sites is 1. The molecule has 1 aromatic carbocycles. The summed E-state index contributed by atoms with van der Waals surface area (Å²) in [4.78, 5) is 23.2. The van der Waals surface area contributed by atoms with Crippen molar-refractivity contribution in [3.63, 3.8) is 0 Å². The van der Waals surface area contributed by atoms with Crippen LogP contribution in [0.3, 0.4) is 0 Å². The molecule has 0 spiro atoms. The van der Waals surface area contributed by atoms with Gasteiger partial charge in [0.15, 0.2) is 5.82 Å². The van der Waals surface area contributed by atoms with Gasteiger partial charge in [-0.1, -0.05) is 18.2 Å². The molecule has 0 atom stereocenters. The van der Waals surface area contributed by atoms with Crippen LogP contribution < -0.4 is 0 Å². The molecule has 3 aromatic heterocycles. The fourth-order valence-corrected chi connectivity index (χ4v) is 3.55. The van der Waals surface area contributed by atoms with Crippen LogP contribution in [0.15, 0.2) is 55.4 Å². The summed E-state index contributed by atoms with van der Waals surface area (Å²) in [5.41, 5.74) is 5.71. The lowest BCUT2D eigenvalue weighted by molar-refractivity contribution is 0.242. The zero-order valence-corrected chi connectivity index (χ0v) is 14.3. The van der Waals surface area contributed by atoms with Crippen LogP contribution >= 0.6 is 0 Å². The van der Waals surface area contributed by atoms with Crippen molar-refractivity contribution in [1.82, 2.24) is 29.8 Å². The van der Waals surface area contributed by atoms with E-state index in [1.54, 1.807) is 12.4 Å². The van der Waals surface area contributed by atoms with Gasteiger partial charge in [0.2, 0.25) is 0 Å². The number of aromatic nitrogens is 5. The number of nitrogens with zero attached hydrogens (tertiary/aromatic N) is 5. The third-order valence-electron chi connectivity index (χ3n) is 4.91. The Bertz CT molecular complexity index is 1060. The van der Waals surface area contributed by atoms with Crippen LogP contribution in [0.5, 0.6) is 0 Å². The third kappa shape index (κ3) is 2.74. The van der Waals surface area contributed by atoms with Gasteiger partial charge in [0, 0.05) is 55.3 Å². The van der Waals surface area contributed by atoms with Crippen LogP contribution in [0.2, 0.25) is 0 Å². The Morgan fingerprint density at radius 2 is 1.96 bits per heavy atom. The van der Waals surface area contributed by atoms with Crippen molar-refractivity contribution in [2.24, 2.45) is 0 Å². The second kappa shape index (κ2) is 6.31. The summed E-state index contributed by atoms with van der Waals surface area (Å²) in [6.45, 7) is 2.76. The molecule has 0 radical (unpaired) electrons. The molecule has 4 heterocycles. The first-order valence-corrected chi connectivity index (χ1v) is 8.74. The molecule has 1 aliphatic rings. The molecule has 0 saturated heterocycles. The summed E-state index contributed by atoms with van der Waals surface area (Å²) < 4.78 is 0. The van der Waals surface area contributed by atoms with Crippen LogP contribution in [-0.4, -0.2) is 36.4 Å². The van der Waals surface area contributed by atoms with Crippen LogP contribution in [0.4, 0.5) is 0 Å². The van der Waals surface area contributed by atoms with E-state index in [2.05, 4.69) is 55.3 Å². The smallest absolute Gasteiger partial charge is 0.162 e. The predicted molar refractivity (Wildman–Crippen MR) is 99.2 cm³/mol. The number of H-pyrrole nitrogens is 1. The van der Waals surface area contributed by atoms with Crippen molar-refractivity contribution in [1.29, 1.82) is 0 Å². The minimum absolute atomic E-state index is 0.693. The van der Waals surface area contributed by atoms with E-state index in [-0.39, 0.29) is 0 Å². The first-order chi connectivity index (χ1) is 12.9. The van der Waals surface area contributed by atoms with E-state index in [4.69, 9.17) is 4.98 Å². The van der Waals surface area contributed by atoms with Crippen LogP contribution in [0.25, 0.3) is 22.3 Å². The van der Waals surface area contributed by atoms with E-state index in [0.29, 0.717) is 5.82 Å². The second-order valence-corrected chi connectivity index (χ2v) is 6.61. The largest absolute Gasteiger partial charge is 0.361 e. The van der Waals surface area contributed by atoms with Gasteiger partial charge in [-0.25, -0.2) is 19.9 Å². The summed E-state index contributed by atoms with van der Waals surface area (Å²) >= 11 is 0. The topological polar surface area (TPSA) is 70.6 Å². The summed E-state index contributed by atoms with van der Waals surface area (Å²) in [7, 11) is 0. The minimum Gasteiger partial charge on any atom is -0.361 e. The lowest BCUT2D eigenvalue weighted by Gasteiger charge is -2.27. The SMILES string of the molecule is c1ccc2c(CN3CCc4cnc(-c5cncnc5)nc4C3)c[nH]c2c1. The predicted octanol–water partition coefficient (Wildman–Crippen LogP) is 2.97. The Kier molecular flexibility index (Phi) is 3.68. The normalized spacial score (nSPS) is 14.5. The van der Waals surface area contributed by atoms with E-state index >= 15 is 0 Å². The first kappa shape index (κ1) is 15.2. The monoisotopic (exact) mass is 342 g/mol. The number of aromatic amines is 1. The molecule has 0 aliphatic carbocycles. The first-order valence-electron chi connectivity index (χ1n) is 8.74. The molecule has 26 heavy (non-hydrogen) atoms. The van der Waals surface area contributed by atoms with Crippen molar-refractivity contribution < 1.29 is 0 Å². The summed E-state index contributed by atoms with van der Waals surface area (Å²) in [5, 5.41) is 1.29. The zero-order chi connectivity index (χ0) is 17.3. The summed E-state index contributed by atoms with van der Waals surface area (Å²) in [6.07, 6.45) is 10.1. The highest BCUT2D eigenvalue weighted by atomic mass is 15.1. The fraction of sp³-hybridized carbons (Fsp3) is 0.200. The lowest BCUT2D eigenvalue weighted by Crippen LogP contribution is -2.31. The molecule has 1 aliphatic heterocycles. The average Bonchev–Trinajstić information content (AvgIpc) is 3.11. The maximum atomic E-state index is 4.78. The molecule has 4 aromatic rings. The molecule has 1 N–H and O–H groups in total. The van der Waals surface area contributed by atoms with Gasteiger partial charge in [-0.15, -0.1) is 0 Å². The molecule has 0 unspecified atom stereocenters. The molecular formula is C20H18N6. The van der Waals surface area contributed by atoms with Crippen molar-refractivity contribution >= 4 is 10.9 Å². The molecule has 6 heteroatoms. The van der Waals surface area contributed by atoms with Crippen LogP contribution in [0.1, 0.15) is 16.8 Å². The molecule has 0 amide bonds. The van der Waals surface area contributed by atoms with Gasteiger partial charge in [0.1, 0.15) is 6.33 Å². The number of benzene rings is 1. The zero-order valence-electron chi connectivity index (χ0n) is 14.3. The number of rotatable bonds is 3. The lowest BCUT2D eigenvalue weighted by atomic mass is 10.1. The Morgan fingerprint density at radius 1 is 1.08 bits per heavy atom. The van der Waals surface area contributed by atoms with Gasteiger partial charge in [-0.2, -0.15) is 0 Å². The van der Waals surface area contributed by atoms with E-state index in [1.807, 2.05) is 6.20 Å². The highest BCUT2D eigenvalue weighted by Gasteiger charge is 2.20. The molecule has 0 bridgehead atoms. The maximum Gasteiger partial charge on any atom is 0.162 e. The van der Waals surface area contributed by atoms with Crippen LogP contribution in [0, 0.1) is 0 Å². The van der Waals surface area contributed by atoms with Gasteiger partial charge in [0.25, 0.3) is 0 Å². The highest BCUT2D eigenvalue weighted by Crippen LogP contribution is 2.24. The van der Waals surface area contributed by atoms with Gasteiger partial charge in [-0.05, 0) is 23.6 Å². The van der Waals surface area contributed by atoms with Gasteiger partial charge < -0.3 is 4.98 Å². The summed E-state index contributed by atoms with van der Waals surface area (Å²) in [5.74, 6) is 0.693. The Morgan fingerprint density at radius 3 is 2.88 bits per heavy atom. The average molecular weight is 342 g/mol. The number of fused-ring (bicyclic) bond motifs is 2. The number of hydrogen-bond donors (Lipinski definition) is 1. The third-order valence-corrected chi connectivity index (χ3v) is 4.91. The Hall–Kier alpha value is -3.12. The summed E-state index contributed by atoms with van der Waals surface area (Å²) in [6, 6.07) is 8.44. The number of nitrogens with one attached hydrogen (secondary N) is 1. The molecule has 128 valence electrons. The maximum absolute atomic E-state index is 4.78. The van der Waals surface area contributed by atoms with E-state index in [0.717, 1.165) is 37.3 Å². The van der Waals surface area contributed by atoms with Gasteiger partial charge in [-0.3, -0.25) is 4.90 Å². The highest BCUT2D eigenvalue weighted by molar-refractivity contribution is 5.82. The molecule has 5 rings (SSSR count). The Labute approximate surface area is 151 Å². The van der Waals surface area contributed by atoms with Crippen molar-refractivity contribution in [3.8, 4) is 11.4 Å². The second-order valence-electron chi connectivity index (χ2n) is 6.61. The van der Waals surface area contributed by atoms with Gasteiger partial charge >= 0.3 is 0 Å². The van der Waals surface area contributed by atoms with E-state index in [1.165, 1.54) is 28.4 Å². The van der Waals surface area contributed by atoms with Crippen molar-refractivity contribution in [2.45, 2.75) is 19.5 Å². The quantitative estimate of drug-likeness (QED) is 0.620.